The van der Waals surface area contributed by atoms with E-state index in [1.807, 2.05) is 18.2 Å². The molecule has 6 heteroatoms. The summed E-state index contributed by atoms with van der Waals surface area (Å²) in [5.74, 6) is -0.0366. The third-order valence-corrected chi connectivity index (χ3v) is 3.88. The lowest BCUT2D eigenvalue weighted by Gasteiger charge is -2.26. The van der Waals surface area contributed by atoms with Gasteiger partial charge in [0.1, 0.15) is 17.1 Å². The van der Waals surface area contributed by atoms with E-state index in [2.05, 4.69) is 10.3 Å². The highest BCUT2D eigenvalue weighted by atomic mass is 16.5. The second-order valence-corrected chi connectivity index (χ2v) is 5.90. The smallest absolute Gasteiger partial charge is 0.341 e. The van der Waals surface area contributed by atoms with Gasteiger partial charge in [0.2, 0.25) is 5.91 Å². The van der Waals surface area contributed by atoms with Gasteiger partial charge in [-0.1, -0.05) is 18.2 Å². The van der Waals surface area contributed by atoms with Gasteiger partial charge in [-0.05, 0) is 39.0 Å². The highest BCUT2D eigenvalue weighted by molar-refractivity contribution is 6.03. The average molecular weight is 342 g/mol. The molecule has 0 aliphatic rings. The van der Waals surface area contributed by atoms with Crippen LogP contribution in [-0.2, 0) is 14.9 Å². The van der Waals surface area contributed by atoms with Crippen molar-refractivity contribution in [2.45, 2.75) is 26.2 Å². The number of rotatable bonds is 6. The molecule has 0 spiro atoms. The average Bonchev–Trinajstić information content (AvgIpc) is 2.62. The van der Waals surface area contributed by atoms with Crippen molar-refractivity contribution in [1.29, 1.82) is 0 Å². The van der Waals surface area contributed by atoms with Crippen molar-refractivity contribution in [2.75, 3.05) is 19.0 Å². The summed E-state index contributed by atoms with van der Waals surface area (Å²) in [5, 5.41) is 2.73. The van der Waals surface area contributed by atoms with Crippen LogP contribution in [0.3, 0.4) is 0 Å². The number of para-hydroxylation sites is 1. The Morgan fingerprint density at radius 2 is 1.88 bits per heavy atom. The molecule has 132 valence electrons. The van der Waals surface area contributed by atoms with Crippen LogP contribution in [0.2, 0.25) is 0 Å². The summed E-state index contributed by atoms with van der Waals surface area (Å²) in [4.78, 5) is 29.0. The summed E-state index contributed by atoms with van der Waals surface area (Å²) < 4.78 is 10.4. The third-order valence-electron chi connectivity index (χ3n) is 3.88. The van der Waals surface area contributed by atoms with E-state index >= 15 is 0 Å². The standard InChI is InChI=1S/C19H22N2O4/c1-5-25-17(22)13-9-8-12-20-16(13)21-18(23)19(2,3)14-10-6-7-11-15(14)24-4/h6-12H,5H2,1-4H3,(H,20,21,23). The molecule has 0 unspecified atom stereocenters. The fourth-order valence-electron chi connectivity index (χ4n) is 2.43. The molecule has 1 aromatic carbocycles. The second-order valence-electron chi connectivity index (χ2n) is 5.90. The number of carbonyl (C=O) groups excluding carboxylic acids is 2. The van der Waals surface area contributed by atoms with E-state index < -0.39 is 11.4 Å². The zero-order chi connectivity index (χ0) is 18.4. The number of aromatic nitrogens is 1. The Kier molecular flexibility index (Phi) is 5.75. The van der Waals surface area contributed by atoms with Gasteiger partial charge < -0.3 is 14.8 Å². The van der Waals surface area contributed by atoms with Crippen molar-refractivity contribution in [1.82, 2.24) is 4.98 Å². The molecule has 0 fully saturated rings. The zero-order valence-electron chi connectivity index (χ0n) is 14.8. The first-order chi connectivity index (χ1) is 11.9. The number of hydrogen-bond acceptors (Lipinski definition) is 5. The minimum atomic E-state index is -0.893. The lowest BCUT2D eigenvalue weighted by atomic mass is 9.83. The highest BCUT2D eigenvalue weighted by Gasteiger charge is 2.33. The fraction of sp³-hybridized carbons (Fsp3) is 0.316. The molecule has 0 saturated heterocycles. The molecule has 1 N–H and O–H groups in total. The number of esters is 1. The first-order valence-corrected chi connectivity index (χ1v) is 7.99. The molecule has 1 amide bonds. The van der Waals surface area contributed by atoms with Crippen LogP contribution in [0.1, 0.15) is 36.7 Å². The number of nitrogens with zero attached hydrogens (tertiary/aromatic N) is 1. The van der Waals surface area contributed by atoms with Crippen LogP contribution in [0.5, 0.6) is 5.75 Å². The quantitative estimate of drug-likeness (QED) is 0.816. The lowest BCUT2D eigenvalue weighted by molar-refractivity contribution is -0.120. The summed E-state index contributed by atoms with van der Waals surface area (Å²) >= 11 is 0. The van der Waals surface area contributed by atoms with Crippen molar-refractivity contribution in [2.24, 2.45) is 0 Å². The van der Waals surface area contributed by atoms with Crippen molar-refractivity contribution in [3.05, 3.63) is 53.7 Å². The van der Waals surface area contributed by atoms with E-state index in [9.17, 15) is 9.59 Å². The Hall–Kier alpha value is -2.89. The van der Waals surface area contributed by atoms with Gasteiger partial charge in [0.25, 0.3) is 0 Å². The summed E-state index contributed by atoms with van der Waals surface area (Å²) in [6.07, 6.45) is 1.51. The molecule has 0 bridgehead atoms. The van der Waals surface area contributed by atoms with Crippen molar-refractivity contribution in [3.8, 4) is 5.75 Å². The van der Waals surface area contributed by atoms with Crippen molar-refractivity contribution >= 4 is 17.7 Å². The van der Waals surface area contributed by atoms with E-state index in [-0.39, 0.29) is 23.9 Å². The molecule has 2 aromatic rings. The van der Waals surface area contributed by atoms with Gasteiger partial charge in [0.05, 0.1) is 19.1 Å². The molecule has 6 nitrogen and oxygen atoms in total. The number of hydrogen-bond donors (Lipinski definition) is 1. The molecule has 0 radical (unpaired) electrons. The Bertz CT molecular complexity index is 772. The van der Waals surface area contributed by atoms with Crippen LogP contribution in [0.15, 0.2) is 42.6 Å². The van der Waals surface area contributed by atoms with E-state index in [0.29, 0.717) is 5.75 Å². The predicted octanol–water partition coefficient (Wildman–Crippen LogP) is 3.18. The van der Waals surface area contributed by atoms with Gasteiger partial charge >= 0.3 is 5.97 Å². The monoisotopic (exact) mass is 342 g/mol. The molecule has 25 heavy (non-hydrogen) atoms. The van der Waals surface area contributed by atoms with Gasteiger partial charge in [0.15, 0.2) is 0 Å². The van der Waals surface area contributed by atoms with Crippen molar-refractivity contribution < 1.29 is 19.1 Å². The molecule has 0 aliphatic heterocycles. The Morgan fingerprint density at radius 3 is 2.56 bits per heavy atom. The SMILES string of the molecule is CCOC(=O)c1cccnc1NC(=O)C(C)(C)c1ccccc1OC. The van der Waals surface area contributed by atoms with Crippen LogP contribution >= 0.6 is 0 Å². The number of nitrogens with one attached hydrogen (secondary N) is 1. The molecule has 0 aliphatic carbocycles. The number of pyridine rings is 1. The van der Waals surface area contributed by atoms with Crippen LogP contribution < -0.4 is 10.1 Å². The minimum Gasteiger partial charge on any atom is -0.496 e. The predicted molar refractivity (Wildman–Crippen MR) is 94.8 cm³/mol. The molecule has 1 heterocycles. The zero-order valence-corrected chi connectivity index (χ0v) is 14.8. The van der Waals surface area contributed by atoms with Crippen LogP contribution in [0.25, 0.3) is 0 Å². The summed E-state index contributed by atoms with van der Waals surface area (Å²) in [7, 11) is 1.56. The van der Waals surface area contributed by atoms with Gasteiger partial charge in [0, 0.05) is 11.8 Å². The number of anilines is 1. The largest absolute Gasteiger partial charge is 0.496 e. The normalized spacial score (nSPS) is 10.9. The number of methoxy groups -OCH3 is 1. The maximum atomic E-state index is 12.9. The van der Waals surface area contributed by atoms with Crippen LogP contribution in [-0.4, -0.2) is 30.6 Å². The molecular weight excluding hydrogens is 320 g/mol. The molecule has 2 rings (SSSR count). The first-order valence-electron chi connectivity index (χ1n) is 7.99. The minimum absolute atomic E-state index is 0.175. The Balaban J connectivity index is 2.32. The summed E-state index contributed by atoms with van der Waals surface area (Å²) in [6.45, 7) is 5.53. The molecule has 0 saturated carbocycles. The van der Waals surface area contributed by atoms with E-state index in [0.717, 1.165) is 5.56 Å². The van der Waals surface area contributed by atoms with Crippen LogP contribution in [0, 0.1) is 0 Å². The molecular formula is C19H22N2O4. The third kappa shape index (κ3) is 3.96. The van der Waals surface area contributed by atoms with Crippen molar-refractivity contribution in [3.63, 3.8) is 0 Å². The maximum absolute atomic E-state index is 12.9. The molecule has 1 aromatic heterocycles. The summed E-state index contributed by atoms with van der Waals surface area (Å²) in [5.41, 5.74) is 0.0629. The van der Waals surface area contributed by atoms with Gasteiger partial charge in [-0.3, -0.25) is 4.79 Å². The van der Waals surface area contributed by atoms with Gasteiger partial charge in [-0.2, -0.15) is 0 Å². The number of benzene rings is 1. The molecule has 0 atom stereocenters. The van der Waals surface area contributed by atoms with E-state index in [4.69, 9.17) is 9.47 Å². The highest BCUT2D eigenvalue weighted by Crippen LogP contribution is 2.32. The second kappa shape index (κ2) is 7.79. The number of ether oxygens (including phenoxy) is 2. The Labute approximate surface area is 147 Å². The Morgan fingerprint density at radius 1 is 1.16 bits per heavy atom. The van der Waals surface area contributed by atoms with Crippen LogP contribution in [0.4, 0.5) is 5.82 Å². The van der Waals surface area contributed by atoms with Gasteiger partial charge in [-0.15, -0.1) is 0 Å². The lowest BCUT2D eigenvalue weighted by Crippen LogP contribution is -2.35. The first kappa shape index (κ1) is 18.4. The maximum Gasteiger partial charge on any atom is 0.341 e. The topological polar surface area (TPSA) is 77.5 Å². The number of carbonyl (C=O) groups is 2. The van der Waals surface area contributed by atoms with Gasteiger partial charge in [-0.25, -0.2) is 9.78 Å². The fourth-order valence-corrected chi connectivity index (χ4v) is 2.43. The van der Waals surface area contributed by atoms with E-state index in [1.54, 1.807) is 46.1 Å². The number of amides is 1. The van der Waals surface area contributed by atoms with E-state index in [1.165, 1.54) is 6.20 Å². The summed E-state index contributed by atoms with van der Waals surface area (Å²) in [6, 6.07) is 10.5.